The van der Waals surface area contributed by atoms with E-state index in [-0.39, 0.29) is 27.7 Å². The number of sulfone groups is 1. The lowest BCUT2D eigenvalue weighted by Crippen LogP contribution is -2.39. The first-order valence-electron chi connectivity index (χ1n) is 10.2. The van der Waals surface area contributed by atoms with Crippen molar-refractivity contribution in [2.24, 2.45) is 7.05 Å². The van der Waals surface area contributed by atoms with E-state index in [0.29, 0.717) is 34.5 Å². The van der Waals surface area contributed by atoms with Crippen LogP contribution < -0.4 is 11.2 Å². The van der Waals surface area contributed by atoms with Gasteiger partial charge in [-0.25, -0.2) is 23.2 Å². The Kier molecular flexibility index (Phi) is 7.46. The molecule has 3 aromatic rings. The van der Waals surface area contributed by atoms with Gasteiger partial charge in [0.1, 0.15) is 16.2 Å². The number of fused-ring (bicyclic) bond motifs is 1. The SMILES string of the molecule is CCCn1c(=O)n(C)c(=O)c2c(SCCS(=O)(=O)c3ccc(Cl)cc3)nc(C(C)C)nc21. The van der Waals surface area contributed by atoms with E-state index >= 15 is 0 Å². The maximum Gasteiger partial charge on any atom is 0.332 e. The van der Waals surface area contributed by atoms with E-state index in [1.807, 2.05) is 20.8 Å². The van der Waals surface area contributed by atoms with Gasteiger partial charge in [-0.05, 0) is 30.7 Å². The van der Waals surface area contributed by atoms with Crippen molar-refractivity contribution in [3.8, 4) is 0 Å². The molecule has 1 aromatic carbocycles. The van der Waals surface area contributed by atoms with Crippen LogP contribution in [0, 0.1) is 0 Å². The second-order valence-corrected chi connectivity index (χ2v) is 11.3. The molecule has 32 heavy (non-hydrogen) atoms. The second kappa shape index (κ2) is 9.76. The van der Waals surface area contributed by atoms with E-state index in [1.165, 1.54) is 47.6 Å². The molecule has 0 amide bonds. The van der Waals surface area contributed by atoms with Gasteiger partial charge in [-0.3, -0.25) is 13.9 Å². The molecule has 8 nitrogen and oxygen atoms in total. The third kappa shape index (κ3) is 4.92. The van der Waals surface area contributed by atoms with Crippen molar-refractivity contribution in [3.63, 3.8) is 0 Å². The summed E-state index contributed by atoms with van der Waals surface area (Å²) in [5.41, 5.74) is -0.628. The largest absolute Gasteiger partial charge is 0.332 e. The van der Waals surface area contributed by atoms with E-state index in [0.717, 1.165) is 4.57 Å². The number of hydrogen-bond acceptors (Lipinski definition) is 7. The summed E-state index contributed by atoms with van der Waals surface area (Å²) in [5, 5.41) is 1.08. The smallest absolute Gasteiger partial charge is 0.277 e. The quantitative estimate of drug-likeness (QED) is 0.348. The number of aryl methyl sites for hydroxylation is 1. The zero-order valence-corrected chi connectivity index (χ0v) is 20.7. The van der Waals surface area contributed by atoms with Gasteiger partial charge in [-0.2, -0.15) is 0 Å². The van der Waals surface area contributed by atoms with Crippen molar-refractivity contribution in [2.45, 2.75) is 49.6 Å². The number of rotatable bonds is 8. The first kappa shape index (κ1) is 24.5. The first-order chi connectivity index (χ1) is 15.1. The summed E-state index contributed by atoms with van der Waals surface area (Å²) in [7, 11) is -2.11. The zero-order valence-electron chi connectivity index (χ0n) is 18.3. The highest BCUT2D eigenvalue weighted by molar-refractivity contribution is 8.00. The Hall–Kier alpha value is -2.17. The van der Waals surface area contributed by atoms with Gasteiger partial charge in [-0.15, -0.1) is 11.8 Å². The molecule has 2 aromatic heterocycles. The Morgan fingerprint density at radius 2 is 1.78 bits per heavy atom. The van der Waals surface area contributed by atoms with Crippen LogP contribution in [0.4, 0.5) is 0 Å². The third-order valence-corrected chi connectivity index (χ3v) is 8.11. The minimum absolute atomic E-state index is 0.0363. The monoisotopic (exact) mass is 496 g/mol. The maximum atomic E-state index is 12.9. The molecule has 0 saturated carbocycles. The molecule has 2 heterocycles. The lowest BCUT2D eigenvalue weighted by molar-refractivity contribution is 0.597. The van der Waals surface area contributed by atoms with Crippen LogP contribution in [0.15, 0.2) is 43.8 Å². The number of hydrogen-bond donors (Lipinski definition) is 0. The minimum atomic E-state index is -3.53. The fourth-order valence-electron chi connectivity index (χ4n) is 3.15. The molecule has 0 unspecified atom stereocenters. The number of aromatic nitrogens is 4. The fourth-order valence-corrected chi connectivity index (χ4v) is 5.95. The minimum Gasteiger partial charge on any atom is -0.277 e. The molecular formula is C21H25ClN4O4S2. The van der Waals surface area contributed by atoms with Gasteiger partial charge in [0.15, 0.2) is 15.5 Å². The molecule has 0 aliphatic heterocycles. The van der Waals surface area contributed by atoms with Crippen LogP contribution in [-0.4, -0.2) is 39.0 Å². The standard InChI is InChI=1S/C21H25ClN4O4S2/c1-5-10-26-18-16(20(27)25(4)21(26)28)19(24-17(23-18)13(2)3)31-11-12-32(29,30)15-8-6-14(22)7-9-15/h6-9,13H,5,10-12H2,1-4H3. The predicted molar refractivity (Wildman–Crippen MR) is 128 cm³/mol. The second-order valence-electron chi connectivity index (χ2n) is 7.66. The fraction of sp³-hybridized carbons (Fsp3) is 0.429. The van der Waals surface area contributed by atoms with Gasteiger partial charge in [0.2, 0.25) is 0 Å². The van der Waals surface area contributed by atoms with Gasteiger partial charge in [0, 0.05) is 30.3 Å². The lowest BCUT2D eigenvalue weighted by atomic mass is 10.2. The molecule has 0 bridgehead atoms. The molecule has 0 N–H and O–H groups in total. The summed E-state index contributed by atoms with van der Waals surface area (Å²) >= 11 is 7.02. The van der Waals surface area contributed by atoms with Crippen molar-refractivity contribution in [1.82, 2.24) is 19.1 Å². The molecule has 0 aliphatic carbocycles. The van der Waals surface area contributed by atoms with Crippen LogP contribution in [0.3, 0.4) is 0 Å². The summed E-state index contributed by atoms with van der Waals surface area (Å²) in [5.74, 6) is 0.505. The summed E-state index contributed by atoms with van der Waals surface area (Å²) in [4.78, 5) is 34.9. The normalized spacial score (nSPS) is 12.1. The number of benzene rings is 1. The Morgan fingerprint density at radius 1 is 1.12 bits per heavy atom. The lowest BCUT2D eigenvalue weighted by Gasteiger charge is -2.15. The predicted octanol–water partition coefficient (Wildman–Crippen LogP) is 3.24. The molecule has 172 valence electrons. The topological polar surface area (TPSA) is 104 Å². The van der Waals surface area contributed by atoms with Crippen molar-refractivity contribution in [3.05, 3.63) is 56.0 Å². The zero-order chi connectivity index (χ0) is 23.6. The summed E-state index contributed by atoms with van der Waals surface area (Å²) in [6, 6.07) is 6.01. The Balaban J connectivity index is 2.04. The van der Waals surface area contributed by atoms with Gasteiger partial charge >= 0.3 is 5.69 Å². The van der Waals surface area contributed by atoms with Gasteiger partial charge in [0.25, 0.3) is 5.56 Å². The molecule has 0 atom stereocenters. The molecule has 3 rings (SSSR count). The van der Waals surface area contributed by atoms with Crippen LogP contribution in [0.1, 0.15) is 38.9 Å². The van der Waals surface area contributed by atoms with E-state index in [1.54, 1.807) is 0 Å². The molecular weight excluding hydrogens is 472 g/mol. The Labute approximate surface area is 195 Å². The number of thioether (sulfide) groups is 1. The first-order valence-corrected chi connectivity index (χ1v) is 13.2. The van der Waals surface area contributed by atoms with Crippen molar-refractivity contribution in [1.29, 1.82) is 0 Å². The summed E-state index contributed by atoms with van der Waals surface area (Å²) in [6.07, 6.45) is 0.691. The highest BCUT2D eigenvalue weighted by Gasteiger charge is 2.21. The van der Waals surface area contributed by atoms with E-state index in [9.17, 15) is 18.0 Å². The van der Waals surface area contributed by atoms with Crippen LogP contribution in [0.2, 0.25) is 5.02 Å². The average Bonchev–Trinajstić information content (AvgIpc) is 2.74. The van der Waals surface area contributed by atoms with Gasteiger partial charge < -0.3 is 0 Å². The average molecular weight is 497 g/mol. The maximum absolute atomic E-state index is 12.9. The molecule has 0 saturated heterocycles. The molecule has 0 radical (unpaired) electrons. The van der Waals surface area contributed by atoms with Crippen LogP contribution in [0.5, 0.6) is 0 Å². The van der Waals surface area contributed by atoms with Crippen molar-refractivity contribution < 1.29 is 8.42 Å². The van der Waals surface area contributed by atoms with Crippen LogP contribution >= 0.6 is 23.4 Å². The highest BCUT2D eigenvalue weighted by Crippen LogP contribution is 2.26. The van der Waals surface area contributed by atoms with Crippen molar-refractivity contribution in [2.75, 3.05) is 11.5 Å². The molecule has 11 heteroatoms. The Bertz CT molecular complexity index is 1360. The van der Waals surface area contributed by atoms with Crippen LogP contribution in [0.25, 0.3) is 11.0 Å². The van der Waals surface area contributed by atoms with Gasteiger partial charge in [-0.1, -0.05) is 32.4 Å². The van der Waals surface area contributed by atoms with Crippen molar-refractivity contribution >= 4 is 44.2 Å². The molecule has 0 spiro atoms. The molecule has 0 aliphatic rings. The molecule has 0 fully saturated rings. The number of halogens is 1. The summed E-state index contributed by atoms with van der Waals surface area (Å²) in [6.45, 7) is 6.19. The van der Waals surface area contributed by atoms with Crippen LogP contribution in [-0.2, 0) is 23.4 Å². The van der Waals surface area contributed by atoms with E-state index in [4.69, 9.17) is 11.6 Å². The third-order valence-electron chi connectivity index (χ3n) is 4.89. The highest BCUT2D eigenvalue weighted by atomic mass is 35.5. The van der Waals surface area contributed by atoms with Gasteiger partial charge in [0.05, 0.1) is 10.6 Å². The summed E-state index contributed by atoms with van der Waals surface area (Å²) < 4.78 is 27.9. The number of nitrogens with zero attached hydrogens (tertiary/aromatic N) is 4. The van der Waals surface area contributed by atoms with E-state index < -0.39 is 21.1 Å². The Morgan fingerprint density at radius 3 is 2.38 bits per heavy atom. The van der Waals surface area contributed by atoms with E-state index in [2.05, 4.69) is 9.97 Å².